The summed E-state index contributed by atoms with van der Waals surface area (Å²) in [6.45, 7) is 1.42. The summed E-state index contributed by atoms with van der Waals surface area (Å²) in [7, 11) is 4.00. The molecule has 0 amide bonds. The van der Waals surface area contributed by atoms with E-state index in [1.807, 2.05) is 68.7 Å². The number of hydrogen-bond donors (Lipinski definition) is 1. The predicted octanol–water partition coefficient (Wildman–Crippen LogP) is 5.26. The van der Waals surface area contributed by atoms with Gasteiger partial charge in [-0.1, -0.05) is 42.1 Å². The fraction of sp³-hybridized carbons (Fsp3) is 0.160. The molecule has 158 valence electrons. The minimum Gasteiger partial charge on any atom is -0.508 e. The average molecular weight is 434 g/mol. The summed E-state index contributed by atoms with van der Waals surface area (Å²) < 4.78 is 11.3. The van der Waals surface area contributed by atoms with Crippen LogP contribution in [0, 0.1) is 0 Å². The second kappa shape index (κ2) is 9.29. The molecule has 0 aliphatic rings. The third kappa shape index (κ3) is 4.93. The van der Waals surface area contributed by atoms with Crippen molar-refractivity contribution >= 4 is 22.7 Å². The Morgan fingerprint density at radius 2 is 1.74 bits per heavy atom. The Bertz CT molecular complexity index is 1230. The van der Waals surface area contributed by atoms with Crippen molar-refractivity contribution in [2.45, 2.75) is 9.79 Å². The van der Waals surface area contributed by atoms with Crippen molar-refractivity contribution in [3.63, 3.8) is 0 Å². The van der Waals surface area contributed by atoms with Crippen molar-refractivity contribution in [2.24, 2.45) is 0 Å². The molecule has 0 unspecified atom stereocenters. The van der Waals surface area contributed by atoms with Gasteiger partial charge < -0.3 is 19.2 Å². The highest BCUT2D eigenvalue weighted by Crippen LogP contribution is 2.39. The highest BCUT2D eigenvalue weighted by atomic mass is 32.2. The number of benzene rings is 3. The first-order valence-corrected chi connectivity index (χ1v) is 10.7. The number of rotatable bonds is 7. The van der Waals surface area contributed by atoms with E-state index in [0.717, 1.165) is 33.7 Å². The number of hydrogen-bond acceptors (Lipinski definition) is 6. The summed E-state index contributed by atoms with van der Waals surface area (Å²) in [5.41, 5.74) is 1.57. The molecule has 0 aliphatic carbocycles. The lowest BCUT2D eigenvalue weighted by molar-refractivity contribution is 0.261. The van der Waals surface area contributed by atoms with Gasteiger partial charge in [0, 0.05) is 28.5 Å². The number of ether oxygens (including phenoxy) is 1. The van der Waals surface area contributed by atoms with Crippen molar-refractivity contribution < 1.29 is 14.3 Å². The molecule has 0 atom stereocenters. The lowest BCUT2D eigenvalue weighted by Gasteiger charge is -2.14. The van der Waals surface area contributed by atoms with Crippen LogP contribution < -0.4 is 10.4 Å². The van der Waals surface area contributed by atoms with Gasteiger partial charge in [0.1, 0.15) is 28.6 Å². The summed E-state index contributed by atoms with van der Waals surface area (Å²) in [5.74, 6) is 0.822. The zero-order chi connectivity index (χ0) is 21.8. The van der Waals surface area contributed by atoms with E-state index in [0.29, 0.717) is 17.1 Å². The number of fused-ring (bicyclic) bond motifs is 1. The maximum Gasteiger partial charge on any atom is 0.351 e. The Hall–Kier alpha value is -3.22. The smallest absolute Gasteiger partial charge is 0.351 e. The standard InChI is InChI=1S/C25H23NO4S/c1-26(2)14-15-29-19-11-8-17(9-12-19)23-21-13-10-18(27)16-22(21)30-25(28)24(23)31-20-6-4-3-5-7-20/h3-13,16,27H,14-15H2,1-2H3. The van der Waals surface area contributed by atoms with Gasteiger partial charge in [-0.2, -0.15) is 0 Å². The molecule has 3 aromatic carbocycles. The predicted molar refractivity (Wildman–Crippen MR) is 124 cm³/mol. The van der Waals surface area contributed by atoms with E-state index >= 15 is 0 Å². The number of nitrogens with zero attached hydrogens (tertiary/aromatic N) is 1. The molecule has 0 saturated carbocycles. The van der Waals surface area contributed by atoms with E-state index in [9.17, 15) is 9.90 Å². The van der Waals surface area contributed by atoms with E-state index in [2.05, 4.69) is 4.90 Å². The molecule has 1 aromatic heterocycles. The van der Waals surface area contributed by atoms with Gasteiger partial charge in [-0.05, 0) is 56.1 Å². The van der Waals surface area contributed by atoms with Gasteiger partial charge in [-0.3, -0.25) is 0 Å². The van der Waals surface area contributed by atoms with E-state index in [1.54, 1.807) is 12.1 Å². The van der Waals surface area contributed by atoms with Crippen molar-refractivity contribution in [1.82, 2.24) is 4.90 Å². The van der Waals surface area contributed by atoms with Gasteiger partial charge in [0.05, 0.1) is 0 Å². The highest BCUT2D eigenvalue weighted by Gasteiger charge is 2.18. The van der Waals surface area contributed by atoms with Crippen LogP contribution in [0.4, 0.5) is 0 Å². The minimum atomic E-state index is -0.437. The van der Waals surface area contributed by atoms with Crippen LogP contribution in [0.2, 0.25) is 0 Å². The molecule has 1 heterocycles. The first-order chi connectivity index (χ1) is 15.0. The topological polar surface area (TPSA) is 62.9 Å². The van der Waals surface area contributed by atoms with Crippen LogP contribution in [0.25, 0.3) is 22.1 Å². The SMILES string of the molecule is CN(C)CCOc1ccc(-c2c(Sc3ccccc3)c(=O)oc3cc(O)ccc23)cc1. The average Bonchev–Trinajstić information content (AvgIpc) is 2.75. The molecule has 0 aliphatic heterocycles. The first kappa shape index (κ1) is 21.0. The number of phenolic OH excluding ortho intramolecular Hbond substituents is 1. The van der Waals surface area contributed by atoms with Gasteiger partial charge in [0.15, 0.2) is 0 Å². The molecule has 5 nitrogen and oxygen atoms in total. The molecule has 0 fully saturated rings. The Labute approximate surface area is 184 Å². The number of likely N-dealkylation sites (N-methyl/N-ethyl adjacent to an activating group) is 1. The van der Waals surface area contributed by atoms with Gasteiger partial charge in [-0.15, -0.1) is 0 Å². The summed E-state index contributed by atoms with van der Waals surface area (Å²) in [5, 5.41) is 10.6. The summed E-state index contributed by atoms with van der Waals surface area (Å²) in [6.07, 6.45) is 0. The van der Waals surface area contributed by atoms with Gasteiger partial charge >= 0.3 is 5.63 Å². The van der Waals surface area contributed by atoms with Crippen LogP contribution >= 0.6 is 11.8 Å². The van der Waals surface area contributed by atoms with E-state index in [4.69, 9.17) is 9.15 Å². The van der Waals surface area contributed by atoms with Crippen molar-refractivity contribution in [3.05, 3.63) is 83.2 Å². The third-order valence-electron chi connectivity index (χ3n) is 4.76. The van der Waals surface area contributed by atoms with Crippen LogP contribution in [0.1, 0.15) is 0 Å². The van der Waals surface area contributed by atoms with Gasteiger partial charge in [0.25, 0.3) is 0 Å². The lowest BCUT2D eigenvalue weighted by Crippen LogP contribution is -2.19. The maximum absolute atomic E-state index is 12.9. The molecule has 4 aromatic rings. The highest BCUT2D eigenvalue weighted by molar-refractivity contribution is 7.99. The van der Waals surface area contributed by atoms with Crippen LogP contribution in [0.15, 0.2) is 91.8 Å². The molecular weight excluding hydrogens is 410 g/mol. The second-order valence-electron chi connectivity index (χ2n) is 7.37. The summed E-state index contributed by atoms with van der Waals surface area (Å²) >= 11 is 1.37. The molecule has 1 N–H and O–H groups in total. The van der Waals surface area contributed by atoms with Crippen molar-refractivity contribution in [1.29, 1.82) is 0 Å². The van der Waals surface area contributed by atoms with Gasteiger partial charge in [0.2, 0.25) is 0 Å². The largest absolute Gasteiger partial charge is 0.508 e. The second-order valence-corrected chi connectivity index (χ2v) is 8.45. The molecule has 4 rings (SSSR count). The van der Waals surface area contributed by atoms with Crippen LogP contribution in [0.3, 0.4) is 0 Å². The van der Waals surface area contributed by atoms with Crippen molar-refractivity contribution in [2.75, 3.05) is 27.2 Å². The molecule has 31 heavy (non-hydrogen) atoms. The van der Waals surface area contributed by atoms with E-state index < -0.39 is 5.63 Å². The number of aromatic hydroxyl groups is 1. The monoisotopic (exact) mass is 433 g/mol. The quantitative estimate of drug-likeness (QED) is 0.401. The molecule has 0 saturated heterocycles. The Morgan fingerprint density at radius 3 is 2.45 bits per heavy atom. The molecule has 0 bridgehead atoms. The Kier molecular flexibility index (Phi) is 6.30. The number of phenols is 1. The third-order valence-corrected chi connectivity index (χ3v) is 5.85. The minimum absolute atomic E-state index is 0.0507. The van der Waals surface area contributed by atoms with Crippen LogP contribution in [0.5, 0.6) is 11.5 Å². The van der Waals surface area contributed by atoms with Crippen LogP contribution in [-0.4, -0.2) is 37.3 Å². The zero-order valence-electron chi connectivity index (χ0n) is 17.4. The molecule has 0 radical (unpaired) electrons. The van der Waals surface area contributed by atoms with E-state index in [-0.39, 0.29) is 5.75 Å². The first-order valence-electron chi connectivity index (χ1n) is 9.92. The zero-order valence-corrected chi connectivity index (χ0v) is 18.2. The fourth-order valence-corrected chi connectivity index (χ4v) is 4.21. The van der Waals surface area contributed by atoms with Crippen LogP contribution in [-0.2, 0) is 0 Å². The van der Waals surface area contributed by atoms with E-state index in [1.165, 1.54) is 17.8 Å². The van der Waals surface area contributed by atoms with Crippen molar-refractivity contribution in [3.8, 4) is 22.6 Å². The summed E-state index contributed by atoms with van der Waals surface area (Å²) in [4.78, 5) is 16.4. The lowest BCUT2D eigenvalue weighted by atomic mass is 10.0. The fourth-order valence-electron chi connectivity index (χ4n) is 3.22. The molecule has 0 spiro atoms. The Balaban J connectivity index is 1.79. The molecular formula is C25H23NO4S. The Morgan fingerprint density at radius 1 is 1.00 bits per heavy atom. The maximum atomic E-state index is 12.9. The van der Waals surface area contributed by atoms with Gasteiger partial charge in [-0.25, -0.2) is 4.79 Å². The summed E-state index contributed by atoms with van der Waals surface area (Å²) in [6, 6.07) is 22.3. The normalized spacial score (nSPS) is 11.2. The molecule has 6 heteroatoms.